The van der Waals surface area contributed by atoms with E-state index in [1.54, 1.807) is 0 Å². The SMILES string of the molecule is Cn1cc(C(=O)CCCCCBr)c2ccccc21. The van der Waals surface area contributed by atoms with E-state index in [9.17, 15) is 4.79 Å². The highest BCUT2D eigenvalue weighted by atomic mass is 79.9. The zero-order valence-electron chi connectivity index (χ0n) is 10.7. The third-order valence-corrected chi connectivity index (χ3v) is 3.80. The van der Waals surface area contributed by atoms with Crippen LogP contribution in [0.4, 0.5) is 0 Å². The Morgan fingerprint density at radius 1 is 1.22 bits per heavy atom. The van der Waals surface area contributed by atoms with Gasteiger partial charge in [0, 0.05) is 41.5 Å². The fraction of sp³-hybridized carbons (Fsp3) is 0.400. The number of benzene rings is 1. The van der Waals surface area contributed by atoms with Crippen molar-refractivity contribution in [3.63, 3.8) is 0 Å². The number of para-hydroxylation sites is 1. The number of carbonyl (C=O) groups is 1. The maximum atomic E-state index is 12.2. The van der Waals surface area contributed by atoms with Crippen LogP contribution in [0.2, 0.25) is 0 Å². The van der Waals surface area contributed by atoms with E-state index in [0.29, 0.717) is 6.42 Å². The van der Waals surface area contributed by atoms with Gasteiger partial charge in [-0.2, -0.15) is 0 Å². The number of rotatable bonds is 6. The minimum absolute atomic E-state index is 0.265. The molecule has 3 heteroatoms. The molecular formula is C15H18BrNO. The molecule has 0 saturated heterocycles. The lowest BCUT2D eigenvalue weighted by Crippen LogP contribution is -1.98. The van der Waals surface area contributed by atoms with Crippen LogP contribution in [0, 0.1) is 0 Å². The summed E-state index contributed by atoms with van der Waals surface area (Å²) in [6, 6.07) is 8.08. The van der Waals surface area contributed by atoms with E-state index in [1.165, 1.54) is 0 Å². The van der Waals surface area contributed by atoms with Crippen molar-refractivity contribution >= 4 is 32.6 Å². The lowest BCUT2D eigenvalue weighted by molar-refractivity contribution is 0.0981. The molecule has 0 aliphatic carbocycles. The van der Waals surface area contributed by atoms with Crippen LogP contribution in [0.1, 0.15) is 36.0 Å². The third-order valence-electron chi connectivity index (χ3n) is 3.23. The highest BCUT2D eigenvalue weighted by Crippen LogP contribution is 2.22. The molecule has 1 heterocycles. The zero-order valence-corrected chi connectivity index (χ0v) is 12.2. The molecule has 0 bridgehead atoms. The van der Waals surface area contributed by atoms with Crippen LogP contribution in [0.15, 0.2) is 30.5 Å². The van der Waals surface area contributed by atoms with Gasteiger partial charge in [0.25, 0.3) is 0 Å². The molecule has 0 unspecified atom stereocenters. The molecule has 2 nitrogen and oxygen atoms in total. The summed E-state index contributed by atoms with van der Waals surface area (Å²) in [7, 11) is 1.99. The summed E-state index contributed by atoms with van der Waals surface area (Å²) < 4.78 is 2.03. The van der Waals surface area contributed by atoms with E-state index in [4.69, 9.17) is 0 Å². The van der Waals surface area contributed by atoms with Crippen LogP contribution in [-0.4, -0.2) is 15.7 Å². The van der Waals surface area contributed by atoms with Crippen LogP contribution >= 0.6 is 15.9 Å². The monoisotopic (exact) mass is 307 g/mol. The number of unbranched alkanes of at least 4 members (excludes halogenated alkanes) is 2. The molecule has 0 fully saturated rings. The number of halogens is 1. The van der Waals surface area contributed by atoms with Gasteiger partial charge in [0.1, 0.15) is 0 Å². The first-order valence-electron chi connectivity index (χ1n) is 6.37. The number of aryl methyl sites for hydroxylation is 1. The molecule has 1 aromatic heterocycles. The second-order valence-corrected chi connectivity index (χ2v) is 5.39. The predicted molar refractivity (Wildman–Crippen MR) is 79.5 cm³/mol. The van der Waals surface area contributed by atoms with Gasteiger partial charge in [0.05, 0.1) is 0 Å². The maximum Gasteiger partial charge on any atom is 0.165 e. The Labute approximate surface area is 116 Å². The van der Waals surface area contributed by atoms with Gasteiger partial charge in [-0.15, -0.1) is 0 Å². The normalized spacial score (nSPS) is 11.0. The number of ketones is 1. The standard InChI is InChI=1S/C15H18BrNO/c1-17-11-13(12-7-4-5-8-14(12)17)15(18)9-3-2-6-10-16/h4-5,7-8,11H,2-3,6,9-10H2,1H3. The molecule has 0 atom stereocenters. The first-order valence-corrected chi connectivity index (χ1v) is 7.49. The van der Waals surface area contributed by atoms with Crippen LogP contribution in [-0.2, 0) is 7.05 Å². The highest BCUT2D eigenvalue weighted by Gasteiger charge is 2.12. The minimum atomic E-state index is 0.265. The zero-order chi connectivity index (χ0) is 13.0. The summed E-state index contributed by atoms with van der Waals surface area (Å²) in [5.41, 5.74) is 1.99. The molecule has 0 spiro atoms. The molecule has 96 valence electrons. The fourth-order valence-corrected chi connectivity index (χ4v) is 2.65. The van der Waals surface area contributed by atoms with Gasteiger partial charge in [-0.25, -0.2) is 0 Å². The Hall–Kier alpha value is -1.09. The Morgan fingerprint density at radius 2 is 2.00 bits per heavy atom. The van der Waals surface area contributed by atoms with Crippen LogP contribution < -0.4 is 0 Å². The molecule has 0 aliphatic heterocycles. The first kappa shape index (κ1) is 13.3. The predicted octanol–water partition coefficient (Wildman–Crippen LogP) is 4.32. The smallest absolute Gasteiger partial charge is 0.165 e. The number of carbonyl (C=O) groups excluding carboxylic acids is 1. The van der Waals surface area contributed by atoms with Crippen molar-refractivity contribution < 1.29 is 4.79 Å². The van der Waals surface area contributed by atoms with E-state index in [2.05, 4.69) is 22.0 Å². The molecule has 0 amide bonds. The largest absolute Gasteiger partial charge is 0.350 e. The summed E-state index contributed by atoms with van der Waals surface area (Å²) in [5.74, 6) is 0.265. The summed E-state index contributed by atoms with van der Waals surface area (Å²) >= 11 is 3.41. The molecule has 0 radical (unpaired) electrons. The van der Waals surface area contributed by atoms with Crippen molar-refractivity contribution in [1.29, 1.82) is 0 Å². The molecule has 2 rings (SSSR count). The third kappa shape index (κ3) is 2.83. The first-order chi connectivity index (χ1) is 8.74. The molecule has 1 aromatic carbocycles. The van der Waals surface area contributed by atoms with Crippen molar-refractivity contribution in [2.24, 2.45) is 7.05 Å². The summed E-state index contributed by atoms with van der Waals surface area (Å²) in [6.07, 6.45) is 5.84. The second kappa shape index (κ2) is 6.19. The van der Waals surface area contributed by atoms with Gasteiger partial charge in [0.2, 0.25) is 0 Å². The summed E-state index contributed by atoms with van der Waals surface area (Å²) in [4.78, 5) is 12.2. The quantitative estimate of drug-likeness (QED) is 0.442. The van der Waals surface area contributed by atoms with Crippen molar-refractivity contribution in [1.82, 2.24) is 4.57 Å². The Morgan fingerprint density at radius 3 is 2.78 bits per heavy atom. The van der Waals surface area contributed by atoms with Gasteiger partial charge in [-0.1, -0.05) is 40.5 Å². The summed E-state index contributed by atoms with van der Waals surface area (Å²) in [5, 5.41) is 2.10. The molecule has 0 saturated carbocycles. The van der Waals surface area contributed by atoms with Crippen molar-refractivity contribution in [3.05, 3.63) is 36.0 Å². The van der Waals surface area contributed by atoms with E-state index < -0.39 is 0 Å². The van der Waals surface area contributed by atoms with Crippen LogP contribution in [0.5, 0.6) is 0 Å². The van der Waals surface area contributed by atoms with Gasteiger partial charge >= 0.3 is 0 Å². The van der Waals surface area contributed by atoms with Gasteiger partial charge < -0.3 is 4.57 Å². The number of alkyl halides is 1. The number of fused-ring (bicyclic) bond motifs is 1. The topological polar surface area (TPSA) is 22.0 Å². The van der Waals surface area contributed by atoms with Gasteiger partial charge in [-0.3, -0.25) is 4.79 Å². The molecule has 18 heavy (non-hydrogen) atoms. The van der Waals surface area contributed by atoms with Crippen LogP contribution in [0.3, 0.4) is 0 Å². The Bertz CT molecular complexity index is 544. The highest BCUT2D eigenvalue weighted by molar-refractivity contribution is 9.09. The average molecular weight is 308 g/mol. The second-order valence-electron chi connectivity index (χ2n) is 4.59. The molecule has 0 aliphatic rings. The molecule has 0 N–H and O–H groups in total. The van der Waals surface area contributed by atoms with E-state index in [1.807, 2.05) is 36.0 Å². The van der Waals surface area contributed by atoms with Crippen LogP contribution in [0.25, 0.3) is 10.9 Å². The summed E-state index contributed by atoms with van der Waals surface area (Å²) in [6.45, 7) is 0. The number of nitrogens with zero attached hydrogens (tertiary/aromatic N) is 1. The van der Waals surface area contributed by atoms with Crippen molar-refractivity contribution in [2.45, 2.75) is 25.7 Å². The van der Waals surface area contributed by atoms with Crippen molar-refractivity contribution in [3.8, 4) is 0 Å². The number of Topliss-reactive ketones (excluding diaryl/α,β-unsaturated/α-hetero) is 1. The van der Waals surface area contributed by atoms with E-state index in [0.717, 1.165) is 41.1 Å². The maximum absolute atomic E-state index is 12.2. The number of hydrogen-bond acceptors (Lipinski definition) is 1. The lowest BCUT2D eigenvalue weighted by atomic mass is 10.0. The van der Waals surface area contributed by atoms with E-state index in [-0.39, 0.29) is 5.78 Å². The number of hydrogen-bond donors (Lipinski definition) is 0. The average Bonchev–Trinajstić information content (AvgIpc) is 2.73. The fourth-order valence-electron chi connectivity index (χ4n) is 2.26. The minimum Gasteiger partial charge on any atom is -0.350 e. The van der Waals surface area contributed by atoms with Gasteiger partial charge in [0.15, 0.2) is 5.78 Å². The molecule has 2 aromatic rings. The van der Waals surface area contributed by atoms with Gasteiger partial charge in [-0.05, 0) is 18.9 Å². The Balaban J connectivity index is 2.13. The number of aromatic nitrogens is 1. The van der Waals surface area contributed by atoms with E-state index >= 15 is 0 Å². The lowest BCUT2D eigenvalue weighted by Gasteiger charge is -1.99. The Kier molecular flexibility index (Phi) is 4.59. The van der Waals surface area contributed by atoms with Crippen molar-refractivity contribution in [2.75, 3.05) is 5.33 Å². The molecular weight excluding hydrogens is 290 g/mol.